The Balaban J connectivity index is 2.40. The zero-order chi connectivity index (χ0) is 10.2. The van der Waals surface area contributed by atoms with E-state index < -0.39 is 0 Å². The third kappa shape index (κ3) is 1.48. The van der Waals surface area contributed by atoms with Gasteiger partial charge in [-0.1, -0.05) is 28.4 Å². The van der Waals surface area contributed by atoms with Gasteiger partial charge in [-0.2, -0.15) is 0 Å². The van der Waals surface area contributed by atoms with Crippen LogP contribution in [0.2, 0.25) is 0 Å². The van der Waals surface area contributed by atoms with Crippen LogP contribution in [0.5, 0.6) is 0 Å². The molecule has 76 valence electrons. The summed E-state index contributed by atoms with van der Waals surface area (Å²) in [7, 11) is 0. The molecule has 0 bridgehead atoms. The fraction of sp³-hybridized carbons (Fsp3) is 0.455. The van der Waals surface area contributed by atoms with E-state index in [-0.39, 0.29) is 11.2 Å². The molecule has 0 saturated heterocycles. The summed E-state index contributed by atoms with van der Waals surface area (Å²) in [6.07, 6.45) is 3.19. The second-order valence-corrected chi connectivity index (χ2v) is 4.88. The van der Waals surface area contributed by atoms with Gasteiger partial charge < -0.3 is 5.73 Å². The van der Waals surface area contributed by atoms with Gasteiger partial charge in [-0.25, -0.2) is 4.39 Å². The van der Waals surface area contributed by atoms with E-state index in [0.29, 0.717) is 6.54 Å². The third-order valence-corrected chi connectivity index (χ3v) is 3.70. The van der Waals surface area contributed by atoms with E-state index in [0.717, 1.165) is 29.3 Å². The van der Waals surface area contributed by atoms with E-state index in [9.17, 15) is 4.39 Å². The maximum atomic E-state index is 13.7. The molecule has 0 amide bonds. The smallest absolute Gasteiger partial charge is 0.128 e. The van der Waals surface area contributed by atoms with Gasteiger partial charge in [-0.05, 0) is 30.5 Å². The Morgan fingerprint density at radius 1 is 1.43 bits per heavy atom. The molecule has 0 heterocycles. The first-order valence-corrected chi connectivity index (χ1v) is 5.63. The molecule has 14 heavy (non-hydrogen) atoms. The summed E-state index contributed by atoms with van der Waals surface area (Å²) in [5.74, 6) is -0.135. The standard InChI is InChI=1S/C11H13BrFN/c12-8-2-3-9(10(13)6-8)11(7-14)4-1-5-11/h2-3,6H,1,4-5,7,14H2. The van der Waals surface area contributed by atoms with Crippen molar-refractivity contribution in [2.75, 3.05) is 6.54 Å². The summed E-state index contributed by atoms with van der Waals surface area (Å²) >= 11 is 3.25. The van der Waals surface area contributed by atoms with Gasteiger partial charge in [0, 0.05) is 16.4 Å². The van der Waals surface area contributed by atoms with Crippen LogP contribution < -0.4 is 5.73 Å². The van der Waals surface area contributed by atoms with Crippen LogP contribution in [0.1, 0.15) is 24.8 Å². The molecule has 1 aliphatic carbocycles. The molecule has 0 spiro atoms. The molecule has 0 atom stereocenters. The predicted octanol–water partition coefficient (Wildman–Crippen LogP) is 2.97. The number of nitrogens with two attached hydrogens (primary N) is 1. The van der Waals surface area contributed by atoms with Crippen LogP contribution in [-0.4, -0.2) is 6.54 Å². The molecule has 0 radical (unpaired) electrons. The third-order valence-electron chi connectivity index (χ3n) is 3.20. The van der Waals surface area contributed by atoms with Crippen LogP contribution in [0.15, 0.2) is 22.7 Å². The Hall–Kier alpha value is -0.410. The highest BCUT2D eigenvalue weighted by Gasteiger charge is 2.39. The molecule has 0 aromatic heterocycles. The van der Waals surface area contributed by atoms with Crippen molar-refractivity contribution in [1.82, 2.24) is 0 Å². The van der Waals surface area contributed by atoms with Gasteiger partial charge in [-0.15, -0.1) is 0 Å². The van der Waals surface area contributed by atoms with Gasteiger partial charge in [0.15, 0.2) is 0 Å². The lowest BCUT2D eigenvalue weighted by Gasteiger charge is -2.41. The van der Waals surface area contributed by atoms with E-state index in [1.165, 1.54) is 6.07 Å². The van der Waals surface area contributed by atoms with Gasteiger partial charge in [0.1, 0.15) is 5.82 Å². The second kappa shape index (κ2) is 3.63. The first kappa shape index (κ1) is 10.1. The zero-order valence-electron chi connectivity index (χ0n) is 7.89. The first-order chi connectivity index (χ1) is 6.68. The van der Waals surface area contributed by atoms with Gasteiger partial charge in [0.2, 0.25) is 0 Å². The fourth-order valence-electron chi connectivity index (χ4n) is 2.11. The lowest BCUT2D eigenvalue weighted by atomic mass is 9.64. The molecule has 1 saturated carbocycles. The van der Waals surface area contributed by atoms with E-state index in [4.69, 9.17) is 5.73 Å². The molecule has 1 aromatic rings. The molecule has 2 rings (SSSR count). The van der Waals surface area contributed by atoms with Crippen molar-refractivity contribution in [3.63, 3.8) is 0 Å². The molecule has 2 N–H and O–H groups in total. The summed E-state index contributed by atoms with van der Waals surface area (Å²) in [5.41, 5.74) is 6.44. The Labute approximate surface area is 91.6 Å². The molecule has 1 fully saturated rings. The average molecular weight is 258 g/mol. The Bertz CT molecular complexity index is 342. The normalized spacial score (nSPS) is 19.1. The van der Waals surface area contributed by atoms with Crippen molar-refractivity contribution in [2.45, 2.75) is 24.7 Å². The van der Waals surface area contributed by atoms with E-state index in [1.807, 2.05) is 12.1 Å². The van der Waals surface area contributed by atoms with E-state index in [2.05, 4.69) is 15.9 Å². The number of hydrogen-bond acceptors (Lipinski definition) is 1. The van der Waals surface area contributed by atoms with Crippen molar-refractivity contribution in [3.05, 3.63) is 34.1 Å². The molecule has 0 aliphatic heterocycles. The van der Waals surface area contributed by atoms with Gasteiger partial charge in [-0.3, -0.25) is 0 Å². The molecule has 1 nitrogen and oxygen atoms in total. The molecule has 1 aromatic carbocycles. The maximum absolute atomic E-state index is 13.7. The van der Waals surface area contributed by atoms with E-state index >= 15 is 0 Å². The topological polar surface area (TPSA) is 26.0 Å². The van der Waals surface area contributed by atoms with E-state index in [1.54, 1.807) is 0 Å². The van der Waals surface area contributed by atoms with Crippen molar-refractivity contribution in [1.29, 1.82) is 0 Å². The monoisotopic (exact) mass is 257 g/mol. The quantitative estimate of drug-likeness (QED) is 0.867. The SMILES string of the molecule is NCC1(c2ccc(Br)cc2F)CCC1. The Kier molecular flexibility index (Phi) is 2.62. The number of hydrogen-bond donors (Lipinski definition) is 1. The zero-order valence-corrected chi connectivity index (χ0v) is 9.48. The van der Waals surface area contributed by atoms with Crippen LogP contribution in [0, 0.1) is 5.82 Å². The maximum Gasteiger partial charge on any atom is 0.128 e. The minimum Gasteiger partial charge on any atom is -0.330 e. The average Bonchev–Trinajstić information content (AvgIpc) is 2.07. The number of rotatable bonds is 2. The van der Waals surface area contributed by atoms with Gasteiger partial charge in [0.25, 0.3) is 0 Å². The minimum atomic E-state index is -0.135. The Morgan fingerprint density at radius 3 is 2.57 bits per heavy atom. The summed E-state index contributed by atoms with van der Waals surface area (Å²) in [4.78, 5) is 0. The van der Waals surface area contributed by atoms with Crippen LogP contribution in [0.4, 0.5) is 4.39 Å². The number of benzene rings is 1. The van der Waals surface area contributed by atoms with Crippen LogP contribution in [0.3, 0.4) is 0 Å². The highest BCUT2D eigenvalue weighted by atomic mass is 79.9. The summed E-state index contributed by atoms with van der Waals surface area (Å²) in [5, 5.41) is 0. The van der Waals surface area contributed by atoms with Crippen molar-refractivity contribution < 1.29 is 4.39 Å². The lowest BCUT2D eigenvalue weighted by molar-refractivity contribution is 0.244. The highest BCUT2D eigenvalue weighted by Crippen LogP contribution is 2.44. The summed E-state index contributed by atoms with van der Waals surface area (Å²) in [6.45, 7) is 0.547. The van der Waals surface area contributed by atoms with Crippen LogP contribution in [-0.2, 0) is 5.41 Å². The molecular weight excluding hydrogens is 245 g/mol. The molecule has 1 aliphatic rings. The molecular formula is C11H13BrFN. The molecule has 0 unspecified atom stereocenters. The largest absolute Gasteiger partial charge is 0.330 e. The van der Waals surface area contributed by atoms with Crippen molar-refractivity contribution in [2.24, 2.45) is 5.73 Å². The summed E-state index contributed by atoms with van der Waals surface area (Å²) < 4.78 is 14.5. The van der Waals surface area contributed by atoms with Crippen LogP contribution in [0.25, 0.3) is 0 Å². The lowest BCUT2D eigenvalue weighted by Crippen LogP contribution is -2.42. The highest BCUT2D eigenvalue weighted by molar-refractivity contribution is 9.10. The first-order valence-electron chi connectivity index (χ1n) is 4.83. The number of halogens is 2. The predicted molar refractivity (Wildman–Crippen MR) is 58.7 cm³/mol. The summed E-state index contributed by atoms with van der Waals surface area (Å²) in [6, 6.07) is 5.25. The second-order valence-electron chi connectivity index (χ2n) is 3.96. The Morgan fingerprint density at radius 2 is 2.14 bits per heavy atom. The van der Waals surface area contributed by atoms with Crippen molar-refractivity contribution in [3.8, 4) is 0 Å². The molecule has 3 heteroatoms. The van der Waals surface area contributed by atoms with Crippen LogP contribution >= 0.6 is 15.9 Å². The van der Waals surface area contributed by atoms with Gasteiger partial charge >= 0.3 is 0 Å². The van der Waals surface area contributed by atoms with Crippen molar-refractivity contribution >= 4 is 15.9 Å². The van der Waals surface area contributed by atoms with Gasteiger partial charge in [0.05, 0.1) is 0 Å². The minimum absolute atomic E-state index is 0.0786. The fourth-order valence-corrected chi connectivity index (χ4v) is 2.44.